The van der Waals surface area contributed by atoms with Gasteiger partial charge in [0.05, 0.1) is 17.9 Å². The highest BCUT2D eigenvalue weighted by Crippen LogP contribution is 2.16. The highest BCUT2D eigenvalue weighted by Gasteiger charge is 2.06. The van der Waals surface area contributed by atoms with Crippen LogP contribution in [0.25, 0.3) is 5.69 Å². The first-order valence-corrected chi connectivity index (χ1v) is 7.81. The van der Waals surface area contributed by atoms with Crippen LogP contribution in [0.15, 0.2) is 78.0 Å². The number of rotatable bonds is 5. The van der Waals surface area contributed by atoms with Crippen LogP contribution in [0.5, 0.6) is 0 Å². The van der Waals surface area contributed by atoms with E-state index in [9.17, 15) is 4.79 Å². The Hall–Kier alpha value is -3.14. The number of benzene rings is 2. The first-order chi connectivity index (χ1) is 11.8. The summed E-state index contributed by atoms with van der Waals surface area (Å²) >= 11 is 0. The predicted molar refractivity (Wildman–Crippen MR) is 95.4 cm³/mol. The maximum Gasteiger partial charge on any atom is 0.338 e. The van der Waals surface area contributed by atoms with Gasteiger partial charge in [0, 0.05) is 29.9 Å². The van der Waals surface area contributed by atoms with Crippen LogP contribution < -0.4 is 0 Å². The van der Waals surface area contributed by atoms with Gasteiger partial charge in [-0.05, 0) is 43.3 Å². The summed E-state index contributed by atoms with van der Waals surface area (Å²) in [5.41, 5.74) is 3.31. The lowest BCUT2D eigenvalue weighted by atomic mass is 10.2. The molecule has 0 atom stereocenters. The fourth-order valence-electron chi connectivity index (χ4n) is 2.33. The Bertz CT molecular complexity index is 851. The van der Waals surface area contributed by atoms with Crippen molar-refractivity contribution in [2.45, 2.75) is 6.92 Å². The van der Waals surface area contributed by atoms with Gasteiger partial charge in [-0.1, -0.05) is 24.3 Å². The lowest BCUT2D eigenvalue weighted by Gasteiger charge is -2.02. The minimum atomic E-state index is -0.329. The molecular formula is C20H18N2O2. The number of para-hydroxylation sites is 1. The maximum absolute atomic E-state index is 11.8. The quantitative estimate of drug-likeness (QED) is 0.517. The number of hydrogen-bond donors (Lipinski definition) is 0. The van der Waals surface area contributed by atoms with Crippen molar-refractivity contribution < 1.29 is 9.53 Å². The van der Waals surface area contributed by atoms with Crippen molar-refractivity contribution in [3.8, 4) is 5.69 Å². The van der Waals surface area contributed by atoms with Gasteiger partial charge in [-0.2, -0.15) is 0 Å². The van der Waals surface area contributed by atoms with E-state index in [0.29, 0.717) is 17.9 Å². The molecule has 0 bridgehead atoms. The van der Waals surface area contributed by atoms with E-state index in [2.05, 4.69) is 4.99 Å². The third kappa shape index (κ3) is 3.79. The van der Waals surface area contributed by atoms with E-state index >= 15 is 0 Å². The molecule has 0 aliphatic carbocycles. The van der Waals surface area contributed by atoms with Crippen molar-refractivity contribution >= 4 is 17.9 Å². The molecule has 3 rings (SSSR count). The van der Waals surface area contributed by atoms with Gasteiger partial charge in [-0.15, -0.1) is 0 Å². The summed E-state index contributed by atoms with van der Waals surface area (Å²) in [6.07, 6.45) is 5.78. The molecule has 1 aromatic heterocycles. The molecule has 0 fully saturated rings. The minimum absolute atomic E-state index is 0.329. The zero-order valence-corrected chi connectivity index (χ0v) is 13.4. The van der Waals surface area contributed by atoms with Crippen LogP contribution in [0.4, 0.5) is 5.69 Å². The Morgan fingerprint density at radius 2 is 1.96 bits per heavy atom. The van der Waals surface area contributed by atoms with Crippen LogP contribution in [-0.4, -0.2) is 23.4 Å². The van der Waals surface area contributed by atoms with Gasteiger partial charge in [0.2, 0.25) is 0 Å². The van der Waals surface area contributed by atoms with E-state index in [4.69, 9.17) is 4.74 Å². The molecule has 0 aliphatic heterocycles. The van der Waals surface area contributed by atoms with Gasteiger partial charge in [0.15, 0.2) is 0 Å². The SMILES string of the molecule is CCOC(=O)c1cccc(N=Cc2ccn(-c3ccccc3)c2)c1. The van der Waals surface area contributed by atoms with Crippen molar-refractivity contribution in [2.24, 2.45) is 4.99 Å². The Morgan fingerprint density at radius 1 is 1.12 bits per heavy atom. The molecule has 0 amide bonds. The summed E-state index contributed by atoms with van der Waals surface area (Å²) in [6.45, 7) is 2.15. The zero-order valence-electron chi connectivity index (χ0n) is 13.4. The minimum Gasteiger partial charge on any atom is -0.462 e. The predicted octanol–water partition coefficient (Wildman–Crippen LogP) is 4.40. The van der Waals surface area contributed by atoms with Crippen LogP contribution in [0.3, 0.4) is 0 Å². The molecule has 2 aromatic carbocycles. The largest absolute Gasteiger partial charge is 0.462 e. The number of carbonyl (C=O) groups excluding carboxylic acids is 1. The second kappa shape index (κ2) is 7.42. The molecule has 0 spiro atoms. The van der Waals surface area contributed by atoms with Crippen molar-refractivity contribution in [3.63, 3.8) is 0 Å². The Kier molecular flexibility index (Phi) is 4.87. The Balaban J connectivity index is 1.76. The number of aliphatic imine (C=N–C) groups is 1. The highest BCUT2D eigenvalue weighted by molar-refractivity contribution is 5.91. The van der Waals surface area contributed by atoms with Crippen LogP contribution in [0.1, 0.15) is 22.8 Å². The summed E-state index contributed by atoms with van der Waals surface area (Å²) in [5, 5.41) is 0. The lowest BCUT2D eigenvalue weighted by Crippen LogP contribution is -2.03. The van der Waals surface area contributed by atoms with Crippen molar-refractivity contribution in [1.82, 2.24) is 4.57 Å². The molecular weight excluding hydrogens is 300 g/mol. The van der Waals surface area contributed by atoms with Gasteiger partial charge in [0.25, 0.3) is 0 Å². The average Bonchev–Trinajstić information content (AvgIpc) is 3.10. The molecule has 0 radical (unpaired) electrons. The molecule has 1 heterocycles. The smallest absolute Gasteiger partial charge is 0.338 e. The van der Waals surface area contributed by atoms with Gasteiger partial charge >= 0.3 is 5.97 Å². The Labute approximate surface area is 141 Å². The molecule has 3 aromatic rings. The number of hydrogen-bond acceptors (Lipinski definition) is 3. The average molecular weight is 318 g/mol. The van der Waals surface area contributed by atoms with Crippen LogP contribution in [0.2, 0.25) is 0 Å². The van der Waals surface area contributed by atoms with E-state index in [-0.39, 0.29) is 5.97 Å². The number of ether oxygens (including phenoxy) is 1. The summed E-state index contributed by atoms with van der Waals surface area (Å²) in [6, 6.07) is 19.2. The van der Waals surface area contributed by atoms with E-state index in [0.717, 1.165) is 11.3 Å². The maximum atomic E-state index is 11.8. The molecule has 4 heteroatoms. The van der Waals surface area contributed by atoms with E-state index in [1.165, 1.54) is 0 Å². The van der Waals surface area contributed by atoms with E-state index < -0.39 is 0 Å². The molecule has 0 N–H and O–H groups in total. The highest BCUT2D eigenvalue weighted by atomic mass is 16.5. The van der Waals surface area contributed by atoms with E-state index in [1.54, 1.807) is 31.3 Å². The fourth-order valence-corrected chi connectivity index (χ4v) is 2.33. The second-order valence-electron chi connectivity index (χ2n) is 5.22. The van der Waals surface area contributed by atoms with Crippen molar-refractivity contribution in [3.05, 3.63) is 84.2 Å². The summed E-state index contributed by atoms with van der Waals surface area (Å²) in [5.74, 6) is -0.329. The number of esters is 1. The monoisotopic (exact) mass is 318 g/mol. The molecule has 0 aliphatic rings. The van der Waals surface area contributed by atoms with Gasteiger partial charge in [0.1, 0.15) is 0 Å². The van der Waals surface area contributed by atoms with Crippen LogP contribution in [-0.2, 0) is 4.74 Å². The topological polar surface area (TPSA) is 43.6 Å². The number of carbonyl (C=O) groups is 1. The fraction of sp³-hybridized carbons (Fsp3) is 0.100. The third-order valence-corrected chi connectivity index (χ3v) is 3.49. The summed E-state index contributed by atoms with van der Waals surface area (Å²) in [4.78, 5) is 16.2. The number of aromatic nitrogens is 1. The zero-order chi connectivity index (χ0) is 16.8. The first kappa shape index (κ1) is 15.7. The summed E-state index contributed by atoms with van der Waals surface area (Å²) < 4.78 is 7.04. The lowest BCUT2D eigenvalue weighted by molar-refractivity contribution is 0.0526. The second-order valence-corrected chi connectivity index (χ2v) is 5.22. The molecule has 0 saturated carbocycles. The molecule has 0 unspecified atom stereocenters. The van der Waals surface area contributed by atoms with E-state index in [1.807, 2.05) is 59.4 Å². The van der Waals surface area contributed by atoms with Crippen molar-refractivity contribution in [2.75, 3.05) is 6.61 Å². The van der Waals surface area contributed by atoms with Gasteiger partial charge in [-0.3, -0.25) is 4.99 Å². The molecule has 120 valence electrons. The van der Waals surface area contributed by atoms with Crippen LogP contribution >= 0.6 is 0 Å². The standard InChI is InChI=1S/C20H18N2O2/c1-2-24-20(23)17-7-6-8-18(13-17)21-14-16-11-12-22(15-16)19-9-4-3-5-10-19/h3-15H,2H2,1H3. The van der Waals surface area contributed by atoms with Gasteiger partial charge in [-0.25, -0.2) is 4.79 Å². The molecule has 24 heavy (non-hydrogen) atoms. The third-order valence-electron chi connectivity index (χ3n) is 3.49. The van der Waals surface area contributed by atoms with Gasteiger partial charge < -0.3 is 9.30 Å². The molecule has 0 saturated heterocycles. The number of nitrogens with zero attached hydrogens (tertiary/aromatic N) is 2. The van der Waals surface area contributed by atoms with Crippen molar-refractivity contribution in [1.29, 1.82) is 0 Å². The summed E-state index contributed by atoms with van der Waals surface area (Å²) in [7, 11) is 0. The first-order valence-electron chi connectivity index (χ1n) is 7.81. The normalized spacial score (nSPS) is 10.9. The Morgan fingerprint density at radius 3 is 2.75 bits per heavy atom. The van der Waals surface area contributed by atoms with Crippen LogP contribution in [0, 0.1) is 0 Å². The molecule has 4 nitrogen and oxygen atoms in total.